The number of carbonyl (C=O) groups excluding carboxylic acids is 2. The van der Waals surface area contributed by atoms with Gasteiger partial charge in [0.05, 0.1) is 12.6 Å². The van der Waals surface area contributed by atoms with Gasteiger partial charge in [0, 0.05) is 19.0 Å². The van der Waals surface area contributed by atoms with E-state index in [9.17, 15) is 9.59 Å². The molecule has 6 bridgehead atoms. The fourth-order valence-corrected chi connectivity index (χ4v) is 4.32. The number of benzene rings is 2. The lowest BCUT2D eigenvalue weighted by Crippen LogP contribution is -2.41. The molecule has 6 heteroatoms. The molecule has 1 unspecified atom stereocenters. The van der Waals surface area contributed by atoms with Gasteiger partial charge in [0.2, 0.25) is 5.91 Å². The van der Waals surface area contributed by atoms with Crippen LogP contribution in [0.3, 0.4) is 0 Å². The number of fused-ring (bicyclic) bond motifs is 8. The largest absolute Gasteiger partial charge is 0.494 e. The van der Waals surface area contributed by atoms with Crippen LogP contribution in [0.4, 0.5) is 0 Å². The minimum atomic E-state index is -0.138. The van der Waals surface area contributed by atoms with E-state index in [1.54, 1.807) is 0 Å². The maximum Gasteiger partial charge on any atom is 0.257 e. The van der Waals surface area contributed by atoms with Gasteiger partial charge < -0.3 is 19.7 Å². The van der Waals surface area contributed by atoms with Gasteiger partial charge in [-0.2, -0.15) is 0 Å². The fourth-order valence-electron chi connectivity index (χ4n) is 4.32. The molecule has 2 aromatic rings. The van der Waals surface area contributed by atoms with Gasteiger partial charge in [-0.25, -0.2) is 0 Å². The predicted octanol–water partition coefficient (Wildman–Crippen LogP) is 2.85. The van der Waals surface area contributed by atoms with Crippen LogP contribution in [-0.4, -0.2) is 43.0 Å². The second-order valence-corrected chi connectivity index (χ2v) is 8.23. The summed E-state index contributed by atoms with van der Waals surface area (Å²) in [6.45, 7) is 1.73. The second kappa shape index (κ2) is 8.01. The van der Waals surface area contributed by atoms with Crippen LogP contribution in [0.25, 0.3) is 0 Å². The van der Waals surface area contributed by atoms with E-state index in [2.05, 4.69) is 11.4 Å². The number of hydrogen-bond acceptors (Lipinski definition) is 4. The highest BCUT2D eigenvalue weighted by molar-refractivity contribution is 5.82. The van der Waals surface area contributed by atoms with E-state index in [4.69, 9.17) is 9.47 Å². The molecule has 4 aliphatic rings. The smallest absolute Gasteiger partial charge is 0.257 e. The number of carbonyl (C=O) groups is 2. The Labute approximate surface area is 176 Å². The summed E-state index contributed by atoms with van der Waals surface area (Å²) < 4.78 is 11.6. The first kappa shape index (κ1) is 19.0. The van der Waals surface area contributed by atoms with Crippen LogP contribution in [-0.2, 0) is 16.0 Å². The molecule has 3 heterocycles. The van der Waals surface area contributed by atoms with Crippen LogP contribution in [0, 0.1) is 5.92 Å². The van der Waals surface area contributed by atoms with Gasteiger partial charge >= 0.3 is 0 Å². The normalized spacial score (nSPS) is 21.4. The van der Waals surface area contributed by atoms with Crippen molar-refractivity contribution < 1.29 is 19.1 Å². The summed E-state index contributed by atoms with van der Waals surface area (Å²) in [5, 5.41) is 2.86. The summed E-state index contributed by atoms with van der Waals surface area (Å²) in [7, 11) is 0. The van der Waals surface area contributed by atoms with Gasteiger partial charge in [-0.05, 0) is 66.6 Å². The SMILES string of the molecule is O=C1COc2ccc3c(c2)CCN(C(=O)C2CC2)C3c2cccc(c2)OCCCN1. The third-order valence-corrected chi connectivity index (χ3v) is 6.01. The first-order valence-electron chi connectivity index (χ1n) is 10.7. The summed E-state index contributed by atoms with van der Waals surface area (Å²) in [5.41, 5.74) is 3.35. The zero-order valence-corrected chi connectivity index (χ0v) is 16.9. The Hall–Kier alpha value is -3.02. The zero-order valence-electron chi connectivity index (χ0n) is 16.9. The number of nitrogens with zero attached hydrogens (tertiary/aromatic N) is 1. The summed E-state index contributed by atoms with van der Waals surface area (Å²) >= 11 is 0. The van der Waals surface area contributed by atoms with Gasteiger partial charge in [-0.15, -0.1) is 0 Å². The molecule has 1 saturated carbocycles. The van der Waals surface area contributed by atoms with Crippen LogP contribution in [0.5, 0.6) is 11.5 Å². The molecule has 0 saturated heterocycles. The summed E-state index contributed by atoms with van der Waals surface area (Å²) in [4.78, 5) is 27.1. The Morgan fingerprint density at radius 3 is 2.80 bits per heavy atom. The fraction of sp³-hybridized carbons (Fsp3) is 0.417. The van der Waals surface area contributed by atoms with E-state index in [1.165, 1.54) is 0 Å². The molecule has 6 rings (SSSR count). The highest BCUT2D eigenvalue weighted by Gasteiger charge is 2.39. The molecule has 1 N–H and O–H groups in total. The minimum absolute atomic E-state index is 0.00555. The molecule has 0 radical (unpaired) electrons. The number of hydrogen-bond donors (Lipinski definition) is 1. The van der Waals surface area contributed by atoms with Crippen LogP contribution in [0.1, 0.15) is 42.0 Å². The van der Waals surface area contributed by atoms with Gasteiger partial charge in [-0.3, -0.25) is 9.59 Å². The molecule has 1 fully saturated rings. The first-order valence-corrected chi connectivity index (χ1v) is 10.7. The molecule has 30 heavy (non-hydrogen) atoms. The Kier molecular flexibility index (Phi) is 5.07. The number of rotatable bonds is 1. The second-order valence-electron chi connectivity index (χ2n) is 8.23. The van der Waals surface area contributed by atoms with E-state index < -0.39 is 0 Å². The van der Waals surface area contributed by atoms with Crippen LogP contribution < -0.4 is 14.8 Å². The molecule has 0 spiro atoms. The molecular formula is C24H26N2O4. The lowest BCUT2D eigenvalue weighted by molar-refractivity contribution is -0.134. The molecular weight excluding hydrogens is 380 g/mol. The molecule has 2 aromatic carbocycles. The van der Waals surface area contributed by atoms with E-state index in [-0.39, 0.29) is 30.4 Å². The molecule has 6 nitrogen and oxygen atoms in total. The average molecular weight is 406 g/mol. The van der Waals surface area contributed by atoms with Gasteiger partial charge in [-0.1, -0.05) is 18.2 Å². The van der Waals surface area contributed by atoms with E-state index in [0.29, 0.717) is 31.9 Å². The van der Waals surface area contributed by atoms with E-state index >= 15 is 0 Å². The third-order valence-electron chi connectivity index (χ3n) is 6.01. The topological polar surface area (TPSA) is 67.9 Å². The van der Waals surface area contributed by atoms with Crippen molar-refractivity contribution in [2.75, 3.05) is 26.3 Å². The lowest BCUT2D eigenvalue weighted by Gasteiger charge is -2.38. The first-order chi connectivity index (χ1) is 14.7. The monoisotopic (exact) mass is 406 g/mol. The lowest BCUT2D eigenvalue weighted by atomic mass is 9.87. The Morgan fingerprint density at radius 2 is 1.93 bits per heavy atom. The van der Waals surface area contributed by atoms with Crippen molar-refractivity contribution in [3.63, 3.8) is 0 Å². The molecule has 3 aliphatic heterocycles. The van der Waals surface area contributed by atoms with Crippen molar-refractivity contribution in [3.05, 3.63) is 59.2 Å². The molecule has 2 amide bonds. The number of amides is 2. The van der Waals surface area contributed by atoms with E-state index in [0.717, 1.165) is 41.7 Å². The van der Waals surface area contributed by atoms with Crippen molar-refractivity contribution in [1.29, 1.82) is 0 Å². The van der Waals surface area contributed by atoms with Crippen molar-refractivity contribution in [2.45, 2.75) is 31.7 Å². The van der Waals surface area contributed by atoms with Gasteiger partial charge in [0.25, 0.3) is 5.91 Å². The van der Waals surface area contributed by atoms with Gasteiger partial charge in [0.1, 0.15) is 11.5 Å². The molecule has 1 atom stereocenters. The van der Waals surface area contributed by atoms with Crippen molar-refractivity contribution in [2.24, 2.45) is 5.92 Å². The van der Waals surface area contributed by atoms with Crippen molar-refractivity contribution >= 4 is 11.8 Å². The van der Waals surface area contributed by atoms with Crippen molar-refractivity contribution in [3.8, 4) is 11.5 Å². The zero-order chi connectivity index (χ0) is 20.5. The highest BCUT2D eigenvalue weighted by Crippen LogP contribution is 2.41. The average Bonchev–Trinajstić information content (AvgIpc) is 3.61. The van der Waals surface area contributed by atoms with Crippen LogP contribution in [0.15, 0.2) is 42.5 Å². The standard InChI is InChI=1S/C24H26N2O4/c27-22-15-30-20-7-8-21-17(13-20)9-11-26(24(28)16-5-6-16)23(21)18-3-1-4-19(14-18)29-12-2-10-25-22/h1,3-4,7-8,13-14,16,23H,2,5-6,9-12,15H2,(H,25,27). The minimum Gasteiger partial charge on any atom is -0.494 e. The Morgan fingerprint density at radius 1 is 1.07 bits per heavy atom. The predicted molar refractivity (Wildman–Crippen MR) is 111 cm³/mol. The van der Waals surface area contributed by atoms with Crippen LogP contribution >= 0.6 is 0 Å². The summed E-state index contributed by atoms with van der Waals surface area (Å²) in [6.07, 6.45) is 3.48. The van der Waals surface area contributed by atoms with Gasteiger partial charge in [0.15, 0.2) is 6.61 Å². The summed E-state index contributed by atoms with van der Waals surface area (Å²) in [6, 6.07) is 13.9. The van der Waals surface area contributed by atoms with E-state index in [1.807, 2.05) is 41.3 Å². The highest BCUT2D eigenvalue weighted by atomic mass is 16.5. The molecule has 1 aliphatic carbocycles. The van der Waals surface area contributed by atoms with Crippen molar-refractivity contribution in [1.82, 2.24) is 10.2 Å². The molecule has 0 aromatic heterocycles. The maximum atomic E-state index is 13.1. The number of ether oxygens (including phenoxy) is 2. The summed E-state index contributed by atoms with van der Waals surface area (Å²) in [5.74, 6) is 1.77. The van der Waals surface area contributed by atoms with Crippen LogP contribution in [0.2, 0.25) is 0 Å². The molecule has 156 valence electrons. The Balaban J connectivity index is 1.56. The Bertz CT molecular complexity index is 969. The number of nitrogens with one attached hydrogen (secondary N) is 1. The third kappa shape index (κ3) is 3.86. The quantitative estimate of drug-likeness (QED) is 0.791. The maximum absolute atomic E-state index is 13.1.